The lowest BCUT2D eigenvalue weighted by Crippen LogP contribution is -2.31. The van der Waals surface area contributed by atoms with Gasteiger partial charge in [0.2, 0.25) is 0 Å². The Bertz CT molecular complexity index is 1110. The maximum atomic E-state index is 14.0. The smallest absolute Gasteiger partial charge is 0.308 e. The highest BCUT2D eigenvalue weighted by Gasteiger charge is 2.27. The third kappa shape index (κ3) is 4.80. The molecule has 9 heteroatoms. The molecule has 1 amide bonds. The number of para-hydroxylation sites is 1. The molecule has 3 rings (SSSR count). The fourth-order valence-corrected chi connectivity index (χ4v) is 4.01. The van der Waals surface area contributed by atoms with E-state index in [1.807, 2.05) is 0 Å². The van der Waals surface area contributed by atoms with E-state index in [0.29, 0.717) is 10.1 Å². The molecule has 0 bridgehead atoms. The van der Waals surface area contributed by atoms with Gasteiger partial charge in [-0.3, -0.25) is 19.7 Å². The van der Waals surface area contributed by atoms with E-state index < -0.39 is 28.7 Å². The van der Waals surface area contributed by atoms with Crippen LogP contribution >= 0.6 is 11.3 Å². The first-order chi connectivity index (χ1) is 14.3. The summed E-state index contributed by atoms with van der Waals surface area (Å²) in [6.45, 7) is 3.37. The number of esters is 1. The molecular formula is C21H19FN2O5S. The molecule has 0 fully saturated rings. The van der Waals surface area contributed by atoms with Crippen LogP contribution in [-0.4, -0.2) is 22.9 Å². The van der Waals surface area contributed by atoms with Gasteiger partial charge in [-0.05, 0) is 32.0 Å². The second kappa shape index (κ2) is 9.00. The second-order valence-electron chi connectivity index (χ2n) is 6.85. The van der Waals surface area contributed by atoms with Gasteiger partial charge < -0.3 is 10.1 Å². The highest BCUT2D eigenvalue weighted by Crippen LogP contribution is 2.30. The van der Waals surface area contributed by atoms with Gasteiger partial charge in [0.1, 0.15) is 5.82 Å². The Morgan fingerprint density at radius 3 is 2.60 bits per heavy atom. The Balaban J connectivity index is 1.93. The van der Waals surface area contributed by atoms with Crippen LogP contribution in [0.2, 0.25) is 0 Å². The second-order valence-corrected chi connectivity index (χ2v) is 7.93. The molecule has 1 atom stereocenters. The molecule has 1 heterocycles. The number of carbonyl (C=O) groups is 2. The van der Waals surface area contributed by atoms with Crippen LogP contribution in [0.5, 0.6) is 0 Å². The van der Waals surface area contributed by atoms with Crippen molar-refractivity contribution in [1.29, 1.82) is 0 Å². The van der Waals surface area contributed by atoms with Crippen LogP contribution in [0, 0.1) is 15.9 Å². The van der Waals surface area contributed by atoms with E-state index in [4.69, 9.17) is 4.74 Å². The molecule has 1 aromatic heterocycles. The number of hydrogen-bond donors (Lipinski definition) is 1. The maximum Gasteiger partial charge on any atom is 0.308 e. The summed E-state index contributed by atoms with van der Waals surface area (Å²) in [6, 6.07) is 10.9. The molecule has 156 valence electrons. The van der Waals surface area contributed by atoms with Crippen molar-refractivity contribution < 1.29 is 23.6 Å². The zero-order chi connectivity index (χ0) is 21.8. The van der Waals surface area contributed by atoms with Crippen molar-refractivity contribution in [3.63, 3.8) is 0 Å². The minimum atomic E-state index is -0.986. The number of nitro groups is 1. The lowest BCUT2D eigenvalue weighted by molar-refractivity contribution is -0.385. The molecule has 0 aliphatic rings. The molecule has 30 heavy (non-hydrogen) atoms. The van der Waals surface area contributed by atoms with E-state index in [0.717, 1.165) is 11.3 Å². The first-order valence-corrected chi connectivity index (χ1v) is 9.99. The van der Waals surface area contributed by atoms with E-state index in [1.165, 1.54) is 30.3 Å². The van der Waals surface area contributed by atoms with Crippen LogP contribution in [0.25, 0.3) is 10.1 Å². The molecule has 1 N–H and O–H groups in total. The van der Waals surface area contributed by atoms with E-state index in [2.05, 4.69) is 5.32 Å². The third-order valence-corrected chi connectivity index (χ3v) is 5.38. The molecule has 0 aliphatic carbocycles. The first kappa shape index (κ1) is 21.4. The molecular weight excluding hydrogens is 411 g/mol. The average molecular weight is 430 g/mol. The van der Waals surface area contributed by atoms with Gasteiger partial charge in [0, 0.05) is 16.2 Å². The summed E-state index contributed by atoms with van der Waals surface area (Å²) in [5.41, 5.74) is -0.0358. The number of carbonyl (C=O) groups excluding carboxylic acids is 2. The van der Waals surface area contributed by atoms with Crippen LogP contribution in [0.1, 0.15) is 41.5 Å². The molecule has 0 saturated heterocycles. The zero-order valence-corrected chi connectivity index (χ0v) is 17.1. The van der Waals surface area contributed by atoms with E-state index in [-0.39, 0.29) is 28.7 Å². The fourth-order valence-electron chi connectivity index (χ4n) is 3.03. The lowest BCUT2D eigenvalue weighted by atomic mass is 10.0. The molecule has 1 unspecified atom stereocenters. The Hall–Kier alpha value is -3.33. The number of thiophene rings is 1. The molecule has 2 aromatic carbocycles. The lowest BCUT2D eigenvalue weighted by Gasteiger charge is -2.19. The largest absolute Gasteiger partial charge is 0.463 e. The number of hydrogen-bond acceptors (Lipinski definition) is 6. The van der Waals surface area contributed by atoms with Crippen LogP contribution in [0.3, 0.4) is 0 Å². The van der Waals surface area contributed by atoms with Gasteiger partial charge in [-0.25, -0.2) is 4.39 Å². The number of nitro benzene ring substituents is 1. The number of amides is 1. The highest BCUT2D eigenvalue weighted by atomic mass is 32.1. The zero-order valence-electron chi connectivity index (χ0n) is 16.3. The highest BCUT2D eigenvalue weighted by molar-refractivity contribution is 7.20. The van der Waals surface area contributed by atoms with Crippen molar-refractivity contribution in [1.82, 2.24) is 5.32 Å². The Morgan fingerprint density at radius 2 is 1.93 bits per heavy atom. The van der Waals surface area contributed by atoms with Crippen molar-refractivity contribution in [2.24, 2.45) is 0 Å². The van der Waals surface area contributed by atoms with Gasteiger partial charge in [-0.15, -0.1) is 11.3 Å². The predicted octanol–water partition coefficient (Wildman–Crippen LogP) is 4.76. The number of benzene rings is 2. The quantitative estimate of drug-likeness (QED) is 0.331. The summed E-state index contributed by atoms with van der Waals surface area (Å²) in [5.74, 6) is -1.61. The van der Waals surface area contributed by atoms with Crippen molar-refractivity contribution >= 4 is 39.0 Å². The van der Waals surface area contributed by atoms with Gasteiger partial charge >= 0.3 is 5.97 Å². The SMILES string of the molecule is CC(C)OC(=O)CC(NC(=O)c1cc2c(F)cccc2s1)c1ccccc1[N+](=O)[O-]. The van der Waals surface area contributed by atoms with Gasteiger partial charge in [-0.2, -0.15) is 0 Å². The van der Waals surface area contributed by atoms with Crippen LogP contribution in [0.4, 0.5) is 10.1 Å². The predicted molar refractivity (Wildman–Crippen MR) is 111 cm³/mol. The van der Waals surface area contributed by atoms with Crippen molar-refractivity contribution in [3.8, 4) is 0 Å². The monoisotopic (exact) mass is 430 g/mol. The summed E-state index contributed by atoms with van der Waals surface area (Å²) >= 11 is 1.09. The average Bonchev–Trinajstić information content (AvgIpc) is 3.12. The van der Waals surface area contributed by atoms with Crippen molar-refractivity contribution in [3.05, 3.63) is 74.9 Å². The number of rotatable bonds is 7. The minimum absolute atomic E-state index is 0.184. The summed E-state index contributed by atoms with van der Waals surface area (Å²) in [7, 11) is 0. The summed E-state index contributed by atoms with van der Waals surface area (Å²) < 4.78 is 19.7. The number of nitrogens with zero attached hydrogens (tertiary/aromatic N) is 1. The number of halogens is 1. The third-order valence-electron chi connectivity index (χ3n) is 4.28. The number of fused-ring (bicyclic) bond motifs is 1. The maximum absolute atomic E-state index is 14.0. The number of ether oxygens (including phenoxy) is 1. The molecule has 0 saturated carbocycles. The van der Waals surface area contributed by atoms with Gasteiger partial charge in [-0.1, -0.05) is 24.3 Å². The topological polar surface area (TPSA) is 98.5 Å². The van der Waals surface area contributed by atoms with Crippen LogP contribution < -0.4 is 5.32 Å². The molecule has 0 spiro atoms. The standard InChI is InChI=1S/C21H19FN2O5S/c1-12(2)29-20(25)11-16(13-6-3-4-8-17(13)24(27)28)23-21(26)19-10-14-15(22)7-5-9-18(14)30-19/h3-10,12,16H,11H2,1-2H3,(H,23,26). The van der Waals surface area contributed by atoms with Crippen LogP contribution in [-0.2, 0) is 9.53 Å². The minimum Gasteiger partial charge on any atom is -0.463 e. The van der Waals surface area contributed by atoms with Crippen molar-refractivity contribution in [2.75, 3.05) is 0 Å². The Morgan fingerprint density at radius 1 is 1.20 bits per heavy atom. The van der Waals surface area contributed by atoms with Crippen LogP contribution in [0.15, 0.2) is 48.5 Å². The van der Waals surface area contributed by atoms with E-state index in [9.17, 15) is 24.1 Å². The van der Waals surface area contributed by atoms with E-state index in [1.54, 1.807) is 32.0 Å². The molecule has 7 nitrogen and oxygen atoms in total. The summed E-state index contributed by atoms with van der Waals surface area (Å²) in [6.07, 6.45) is -0.654. The Labute approximate surface area is 175 Å². The molecule has 0 aliphatic heterocycles. The fraction of sp³-hybridized carbons (Fsp3) is 0.238. The molecule has 3 aromatic rings. The summed E-state index contributed by atoms with van der Waals surface area (Å²) in [5, 5.41) is 14.4. The van der Waals surface area contributed by atoms with Gasteiger partial charge in [0.25, 0.3) is 11.6 Å². The van der Waals surface area contributed by atoms with E-state index >= 15 is 0 Å². The first-order valence-electron chi connectivity index (χ1n) is 9.18. The van der Waals surface area contributed by atoms with Gasteiger partial charge in [0.05, 0.1) is 33.9 Å². The molecule has 0 radical (unpaired) electrons. The normalized spacial score (nSPS) is 12.0. The number of nitrogens with one attached hydrogen (secondary N) is 1. The van der Waals surface area contributed by atoms with Gasteiger partial charge in [0.15, 0.2) is 0 Å². The van der Waals surface area contributed by atoms with Crippen molar-refractivity contribution in [2.45, 2.75) is 32.4 Å². The summed E-state index contributed by atoms with van der Waals surface area (Å²) in [4.78, 5) is 36.2. The Kier molecular flexibility index (Phi) is 6.41.